The number of amides is 1. The zero-order valence-corrected chi connectivity index (χ0v) is 12.2. The minimum absolute atomic E-state index is 0.214. The first-order valence-corrected chi connectivity index (χ1v) is 6.60. The van der Waals surface area contributed by atoms with Crippen LogP contribution in [0, 0.1) is 12.8 Å². The third-order valence-electron chi connectivity index (χ3n) is 3.05. The SMILES string of the molecule is C/C(CCC(C)C)=N\NC(=O)c1cccc(N)c1C. The van der Waals surface area contributed by atoms with E-state index in [4.69, 9.17) is 5.73 Å². The second-order valence-electron chi connectivity index (χ2n) is 5.24. The second-order valence-corrected chi connectivity index (χ2v) is 5.24. The monoisotopic (exact) mass is 261 g/mol. The maximum Gasteiger partial charge on any atom is 0.271 e. The minimum Gasteiger partial charge on any atom is -0.398 e. The number of nitrogen functional groups attached to an aromatic ring is 1. The molecule has 0 aromatic heterocycles. The Kier molecular flexibility index (Phi) is 5.55. The highest BCUT2D eigenvalue weighted by Crippen LogP contribution is 2.15. The van der Waals surface area contributed by atoms with Crippen molar-refractivity contribution in [1.29, 1.82) is 0 Å². The number of nitrogens with two attached hydrogens (primary N) is 1. The van der Waals surface area contributed by atoms with Gasteiger partial charge in [0.2, 0.25) is 0 Å². The number of carbonyl (C=O) groups is 1. The lowest BCUT2D eigenvalue weighted by atomic mass is 10.1. The van der Waals surface area contributed by atoms with E-state index in [0.29, 0.717) is 17.2 Å². The molecule has 0 atom stereocenters. The van der Waals surface area contributed by atoms with Gasteiger partial charge in [-0.15, -0.1) is 0 Å². The Morgan fingerprint density at radius 2 is 2.11 bits per heavy atom. The summed E-state index contributed by atoms with van der Waals surface area (Å²) in [4.78, 5) is 12.0. The van der Waals surface area contributed by atoms with Crippen molar-refractivity contribution < 1.29 is 4.79 Å². The number of hydrogen-bond donors (Lipinski definition) is 2. The number of anilines is 1. The number of rotatable bonds is 5. The summed E-state index contributed by atoms with van der Waals surface area (Å²) < 4.78 is 0. The van der Waals surface area contributed by atoms with E-state index in [1.807, 2.05) is 13.8 Å². The van der Waals surface area contributed by atoms with Gasteiger partial charge in [-0.3, -0.25) is 4.79 Å². The Labute approximate surface area is 115 Å². The number of hydrogen-bond acceptors (Lipinski definition) is 3. The predicted octanol–water partition coefficient (Wildman–Crippen LogP) is 3.12. The van der Waals surface area contributed by atoms with Gasteiger partial charge in [0.25, 0.3) is 5.91 Å². The number of carbonyl (C=O) groups excluding carboxylic acids is 1. The van der Waals surface area contributed by atoms with Crippen LogP contribution in [-0.2, 0) is 0 Å². The van der Waals surface area contributed by atoms with Crippen LogP contribution >= 0.6 is 0 Å². The topological polar surface area (TPSA) is 67.5 Å². The molecule has 0 radical (unpaired) electrons. The number of hydrazone groups is 1. The molecule has 1 aromatic rings. The average molecular weight is 261 g/mol. The first-order chi connectivity index (χ1) is 8.91. The van der Waals surface area contributed by atoms with Crippen LogP contribution < -0.4 is 11.2 Å². The van der Waals surface area contributed by atoms with Crippen LogP contribution in [0.25, 0.3) is 0 Å². The quantitative estimate of drug-likeness (QED) is 0.486. The molecule has 19 heavy (non-hydrogen) atoms. The minimum atomic E-state index is -0.214. The Balaban J connectivity index is 2.65. The van der Waals surface area contributed by atoms with Gasteiger partial charge >= 0.3 is 0 Å². The van der Waals surface area contributed by atoms with Crippen molar-refractivity contribution >= 4 is 17.3 Å². The van der Waals surface area contributed by atoms with Gasteiger partial charge in [0.15, 0.2) is 0 Å². The van der Waals surface area contributed by atoms with Gasteiger partial charge in [-0.2, -0.15) is 5.10 Å². The Morgan fingerprint density at radius 1 is 1.42 bits per heavy atom. The van der Waals surface area contributed by atoms with Crippen molar-refractivity contribution in [3.63, 3.8) is 0 Å². The molecule has 0 saturated heterocycles. The van der Waals surface area contributed by atoms with Gasteiger partial charge in [-0.1, -0.05) is 19.9 Å². The van der Waals surface area contributed by atoms with Crippen LogP contribution in [0.15, 0.2) is 23.3 Å². The van der Waals surface area contributed by atoms with Crippen molar-refractivity contribution in [3.05, 3.63) is 29.3 Å². The summed E-state index contributed by atoms with van der Waals surface area (Å²) in [5.41, 5.74) is 11.3. The second kappa shape index (κ2) is 6.92. The van der Waals surface area contributed by atoms with Crippen molar-refractivity contribution in [2.75, 3.05) is 5.73 Å². The molecule has 3 N–H and O–H groups in total. The first-order valence-electron chi connectivity index (χ1n) is 6.60. The third-order valence-corrected chi connectivity index (χ3v) is 3.05. The van der Waals surface area contributed by atoms with E-state index in [9.17, 15) is 4.79 Å². The van der Waals surface area contributed by atoms with E-state index in [2.05, 4.69) is 24.4 Å². The highest BCUT2D eigenvalue weighted by molar-refractivity contribution is 5.97. The normalized spacial score (nSPS) is 11.7. The third kappa shape index (κ3) is 4.73. The van der Waals surface area contributed by atoms with Crippen LogP contribution in [0.5, 0.6) is 0 Å². The summed E-state index contributed by atoms with van der Waals surface area (Å²) in [6, 6.07) is 5.30. The largest absolute Gasteiger partial charge is 0.398 e. The number of benzene rings is 1. The maximum absolute atomic E-state index is 12.0. The standard InChI is InChI=1S/C15H23N3O/c1-10(2)8-9-11(3)17-18-15(19)13-6-5-7-14(16)12(13)4/h5-7,10H,8-9,16H2,1-4H3,(H,18,19)/b17-11+. The fraction of sp³-hybridized carbons (Fsp3) is 0.467. The van der Waals surface area contributed by atoms with E-state index < -0.39 is 0 Å². The lowest BCUT2D eigenvalue weighted by Gasteiger charge is -2.08. The average Bonchev–Trinajstić information content (AvgIpc) is 2.36. The molecule has 0 unspecified atom stereocenters. The molecule has 0 aliphatic heterocycles. The van der Waals surface area contributed by atoms with Crippen LogP contribution in [0.4, 0.5) is 5.69 Å². The molecule has 1 amide bonds. The van der Waals surface area contributed by atoms with E-state index in [1.165, 1.54) is 0 Å². The van der Waals surface area contributed by atoms with Crippen molar-refractivity contribution in [2.24, 2.45) is 11.0 Å². The molecule has 0 aliphatic carbocycles. The Morgan fingerprint density at radius 3 is 2.74 bits per heavy atom. The summed E-state index contributed by atoms with van der Waals surface area (Å²) in [7, 11) is 0. The van der Waals surface area contributed by atoms with E-state index in [-0.39, 0.29) is 5.91 Å². The molecule has 1 aromatic carbocycles. The first kappa shape index (κ1) is 15.2. The number of nitrogens with one attached hydrogen (secondary N) is 1. The Bertz CT molecular complexity index is 478. The Hall–Kier alpha value is -1.84. The predicted molar refractivity (Wildman–Crippen MR) is 80.2 cm³/mol. The van der Waals surface area contributed by atoms with Crippen molar-refractivity contribution in [2.45, 2.75) is 40.5 Å². The van der Waals surface area contributed by atoms with Crippen LogP contribution in [0.2, 0.25) is 0 Å². The molecule has 0 aliphatic rings. The molecule has 4 heteroatoms. The zero-order chi connectivity index (χ0) is 14.4. The molecular formula is C15H23N3O. The summed E-state index contributed by atoms with van der Waals surface area (Å²) in [5.74, 6) is 0.422. The van der Waals surface area contributed by atoms with Crippen LogP contribution in [0.1, 0.15) is 49.5 Å². The smallest absolute Gasteiger partial charge is 0.271 e. The summed E-state index contributed by atoms with van der Waals surface area (Å²) in [5, 5.41) is 4.12. The van der Waals surface area contributed by atoms with Gasteiger partial charge < -0.3 is 5.73 Å². The van der Waals surface area contributed by atoms with Gasteiger partial charge in [0.1, 0.15) is 0 Å². The van der Waals surface area contributed by atoms with E-state index in [0.717, 1.165) is 24.1 Å². The summed E-state index contributed by atoms with van der Waals surface area (Å²) in [6.07, 6.45) is 1.97. The molecular weight excluding hydrogens is 238 g/mol. The van der Waals surface area contributed by atoms with Gasteiger partial charge in [0.05, 0.1) is 0 Å². The molecule has 0 bridgehead atoms. The van der Waals surface area contributed by atoms with Crippen LogP contribution in [-0.4, -0.2) is 11.6 Å². The molecule has 104 valence electrons. The van der Waals surface area contributed by atoms with Crippen molar-refractivity contribution in [1.82, 2.24) is 5.43 Å². The van der Waals surface area contributed by atoms with Crippen molar-refractivity contribution in [3.8, 4) is 0 Å². The maximum atomic E-state index is 12.0. The summed E-state index contributed by atoms with van der Waals surface area (Å²) in [6.45, 7) is 8.10. The van der Waals surface area contributed by atoms with Gasteiger partial charge in [-0.05, 0) is 50.3 Å². The molecule has 0 saturated carbocycles. The molecule has 4 nitrogen and oxygen atoms in total. The fourth-order valence-electron chi connectivity index (χ4n) is 1.66. The van der Waals surface area contributed by atoms with E-state index in [1.54, 1.807) is 18.2 Å². The number of nitrogens with zero attached hydrogens (tertiary/aromatic N) is 1. The molecule has 0 heterocycles. The molecule has 0 spiro atoms. The zero-order valence-electron chi connectivity index (χ0n) is 12.2. The molecule has 1 rings (SSSR count). The van der Waals surface area contributed by atoms with Gasteiger partial charge in [0, 0.05) is 17.0 Å². The fourth-order valence-corrected chi connectivity index (χ4v) is 1.66. The highest BCUT2D eigenvalue weighted by atomic mass is 16.2. The summed E-state index contributed by atoms with van der Waals surface area (Å²) >= 11 is 0. The van der Waals surface area contributed by atoms with Gasteiger partial charge in [-0.25, -0.2) is 5.43 Å². The lowest BCUT2D eigenvalue weighted by Crippen LogP contribution is -2.20. The molecule has 0 fully saturated rings. The lowest BCUT2D eigenvalue weighted by molar-refractivity contribution is 0.0954. The van der Waals surface area contributed by atoms with E-state index >= 15 is 0 Å². The van der Waals surface area contributed by atoms with Crippen LogP contribution in [0.3, 0.4) is 0 Å². The highest BCUT2D eigenvalue weighted by Gasteiger charge is 2.09.